The Kier molecular flexibility index (Phi) is 4.17. The molecule has 1 saturated heterocycles. The summed E-state index contributed by atoms with van der Waals surface area (Å²) in [5.74, 6) is -0.120. The Balaban J connectivity index is 1.82. The largest absolute Gasteiger partial charge is 0.397 e. The number of rotatable bonds is 2. The average Bonchev–Trinajstić information content (AvgIpc) is 2.80. The molecule has 112 valence electrons. The maximum atomic E-state index is 12.4. The molecule has 2 aromatic rings. The highest BCUT2D eigenvalue weighted by atomic mass is 79.9. The monoisotopic (exact) mass is 368 g/mol. The number of hydrogen-bond donors (Lipinski definition) is 2. The molecule has 0 radical (unpaired) electrons. The second-order valence-corrected chi connectivity index (χ2v) is 7.10. The van der Waals surface area contributed by atoms with Gasteiger partial charge in [0.05, 0.1) is 5.69 Å². The zero-order valence-electron chi connectivity index (χ0n) is 11.7. The second kappa shape index (κ2) is 5.92. The number of thiophene rings is 1. The lowest BCUT2D eigenvalue weighted by Crippen LogP contribution is -2.52. The molecular weight excluding hydrogens is 352 g/mol. The van der Waals surface area contributed by atoms with Crippen LogP contribution in [0.1, 0.15) is 9.67 Å². The quantitative estimate of drug-likeness (QED) is 0.852. The second-order valence-electron chi connectivity index (χ2n) is 5.19. The van der Waals surface area contributed by atoms with Crippen molar-refractivity contribution in [3.05, 3.63) is 27.5 Å². The van der Waals surface area contributed by atoms with E-state index >= 15 is 0 Å². The molecule has 1 amide bonds. The zero-order valence-corrected chi connectivity index (χ0v) is 14.1. The molecule has 0 bridgehead atoms. The molecule has 5 nitrogen and oxygen atoms in total. The number of hydrogen-bond acceptors (Lipinski definition) is 5. The highest BCUT2D eigenvalue weighted by Gasteiger charge is 2.21. The molecule has 0 aliphatic carbocycles. The van der Waals surface area contributed by atoms with E-state index in [0.717, 1.165) is 40.7 Å². The van der Waals surface area contributed by atoms with Crippen molar-refractivity contribution >= 4 is 48.9 Å². The predicted molar refractivity (Wildman–Crippen MR) is 90.5 cm³/mol. The lowest BCUT2D eigenvalue weighted by atomic mass is 10.2. The molecule has 21 heavy (non-hydrogen) atoms. The molecule has 2 heterocycles. The molecule has 0 unspecified atom stereocenters. The van der Waals surface area contributed by atoms with E-state index in [1.54, 1.807) is 0 Å². The van der Waals surface area contributed by atoms with E-state index < -0.39 is 0 Å². The van der Waals surface area contributed by atoms with Gasteiger partial charge >= 0.3 is 0 Å². The summed E-state index contributed by atoms with van der Waals surface area (Å²) in [5.41, 5.74) is 9.67. The van der Waals surface area contributed by atoms with Crippen LogP contribution in [-0.4, -0.2) is 49.0 Å². The number of likely N-dealkylation sites (N-methyl/N-ethyl adjacent to an activating group) is 1. The summed E-state index contributed by atoms with van der Waals surface area (Å²) >= 11 is 4.93. The van der Waals surface area contributed by atoms with Crippen LogP contribution in [0.25, 0.3) is 10.1 Å². The van der Waals surface area contributed by atoms with E-state index in [9.17, 15) is 4.79 Å². The van der Waals surface area contributed by atoms with Crippen molar-refractivity contribution in [1.29, 1.82) is 0 Å². The average molecular weight is 369 g/mol. The van der Waals surface area contributed by atoms with Gasteiger partial charge in [-0.1, -0.05) is 22.0 Å². The fourth-order valence-corrected chi connectivity index (χ4v) is 4.16. The number of halogens is 1. The Morgan fingerprint density at radius 2 is 2.05 bits per heavy atom. The Labute approximate surface area is 135 Å². The maximum Gasteiger partial charge on any atom is 0.277 e. The third-order valence-electron chi connectivity index (χ3n) is 3.67. The van der Waals surface area contributed by atoms with E-state index in [2.05, 4.69) is 33.3 Å². The summed E-state index contributed by atoms with van der Waals surface area (Å²) in [6.45, 7) is 3.56. The fraction of sp³-hybridized carbons (Fsp3) is 0.357. The van der Waals surface area contributed by atoms with Gasteiger partial charge in [-0.25, -0.2) is 5.01 Å². The smallest absolute Gasteiger partial charge is 0.277 e. The van der Waals surface area contributed by atoms with Crippen LogP contribution in [0.4, 0.5) is 5.69 Å². The lowest BCUT2D eigenvalue weighted by molar-refractivity contribution is 0.0667. The van der Waals surface area contributed by atoms with Crippen LogP contribution in [0.3, 0.4) is 0 Å². The molecule has 1 fully saturated rings. The summed E-state index contributed by atoms with van der Waals surface area (Å²) in [5, 5.41) is 2.88. The first-order chi connectivity index (χ1) is 10.1. The van der Waals surface area contributed by atoms with Gasteiger partial charge in [-0.05, 0) is 19.2 Å². The topological polar surface area (TPSA) is 61.6 Å². The standard InChI is InChI=1S/C14H17BrN4OS/c1-18-5-7-19(8-6-18)17-14(20)13-12(16)11-9(15)3-2-4-10(11)21-13/h2-4H,5-8,16H2,1H3,(H,17,20). The number of nitrogen functional groups attached to an aromatic ring is 1. The van der Waals surface area contributed by atoms with Gasteiger partial charge in [-0.15, -0.1) is 11.3 Å². The van der Waals surface area contributed by atoms with Crippen LogP contribution >= 0.6 is 27.3 Å². The normalized spacial score (nSPS) is 17.2. The van der Waals surface area contributed by atoms with Gasteiger partial charge in [0.15, 0.2) is 0 Å². The predicted octanol–water partition coefficient (Wildman–Crippen LogP) is 2.14. The summed E-state index contributed by atoms with van der Waals surface area (Å²) in [4.78, 5) is 15.3. The molecule has 0 atom stereocenters. The van der Waals surface area contributed by atoms with Crippen LogP contribution in [0, 0.1) is 0 Å². The molecule has 0 spiro atoms. The minimum atomic E-state index is -0.120. The number of nitrogens with two attached hydrogens (primary N) is 1. The van der Waals surface area contributed by atoms with Gasteiger partial charge in [0.1, 0.15) is 4.88 Å². The van der Waals surface area contributed by atoms with E-state index in [4.69, 9.17) is 5.73 Å². The minimum absolute atomic E-state index is 0.120. The molecular formula is C14H17BrN4OS. The highest BCUT2D eigenvalue weighted by molar-refractivity contribution is 9.10. The van der Waals surface area contributed by atoms with Crippen molar-refractivity contribution < 1.29 is 4.79 Å². The van der Waals surface area contributed by atoms with Crippen LogP contribution in [0.5, 0.6) is 0 Å². The summed E-state index contributed by atoms with van der Waals surface area (Å²) in [6, 6.07) is 5.87. The Hall–Kier alpha value is -1.15. The Morgan fingerprint density at radius 3 is 2.71 bits per heavy atom. The first-order valence-electron chi connectivity index (χ1n) is 6.77. The van der Waals surface area contributed by atoms with E-state index in [1.165, 1.54) is 11.3 Å². The SMILES string of the molecule is CN1CCN(NC(=O)c2sc3cccc(Br)c3c2N)CC1. The Bertz CT molecular complexity index is 679. The number of amides is 1. The molecule has 0 saturated carbocycles. The molecule has 3 rings (SSSR count). The van der Waals surface area contributed by atoms with E-state index in [1.807, 2.05) is 23.2 Å². The van der Waals surface area contributed by atoms with Gasteiger partial charge in [-0.3, -0.25) is 10.2 Å². The van der Waals surface area contributed by atoms with Crippen LogP contribution < -0.4 is 11.2 Å². The van der Waals surface area contributed by atoms with Gasteiger partial charge in [-0.2, -0.15) is 0 Å². The minimum Gasteiger partial charge on any atom is -0.397 e. The molecule has 1 aromatic heterocycles. The number of piperazine rings is 1. The zero-order chi connectivity index (χ0) is 15.0. The molecule has 1 aromatic carbocycles. The number of nitrogens with one attached hydrogen (secondary N) is 1. The number of fused-ring (bicyclic) bond motifs is 1. The van der Waals surface area contributed by atoms with Crippen molar-refractivity contribution in [2.24, 2.45) is 0 Å². The third-order valence-corrected chi connectivity index (χ3v) is 5.50. The van der Waals surface area contributed by atoms with Gasteiger partial charge in [0.25, 0.3) is 5.91 Å². The van der Waals surface area contributed by atoms with Crippen molar-refractivity contribution in [3.63, 3.8) is 0 Å². The number of benzene rings is 1. The highest BCUT2D eigenvalue weighted by Crippen LogP contribution is 2.38. The fourth-order valence-electron chi connectivity index (χ4n) is 2.41. The lowest BCUT2D eigenvalue weighted by Gasteiger charge is -2.32. The summed E-state index contributed by atoms with van der Waals surface area (Å²) in [7, 11) is 2.08. The van der Waals surface area contributed by atoms with Gasteiger partial charge < -0.3 is 10.6 Å². The number of hydrazine groups is 1. The van der Waals surface area contributed by atoms with Crippen LogP contribution in [-0.2, 0) is 0 Å². The van der Waals surface area contributed by atoms with Crippen molar-refractivity contribution in [2.75, 3.05) is 39.0 Å². The first kappa shape index (κ1) is 14.8. The molecule has 1 aliphatic rings. The maximum absolute atomic E-state index is 12.4. The van der Waals surface area contributed by atoms with Gasteiger partial charge in [0, 0.05) is 40.7 Å². The third kappa shape index (κ3) is 2.91. The summed E-state index contributed by atoms with van der Waals surface area (Å²) < 4.78 is 1.94. The van der Waals surface area contributed by atoms with Crippen molar-refractivity contribution in [3.8, 4) is 0 Å². The molecule has 1 aliphatic heterocycles. The van der Waals surface area contributed by atoms with E-state index in [-0.39, 0.29) is 5.91 Å². The van der Waals surface area contributed by atoms with E-state index in [0.29, 0.717) is 10.6 Å². The molecule has 3 N–H and O–H groups in total. The Morgan fingerprint density at radius 1 is 1.33 bits per heavy atom. The number of carbonyl (C=O) groups excluding carboxylic acids is 1. The van der Waals surface area contributed by atoms with Gasteiger partial charge in [0.2, 0.25) is 0 Å². The number of anilines is 1. The number of carbonyl (C=O) groups is 1. The van der Waals surface area contributed by atoms with Crippen LogP contribution in [0.2, 0.25) is 0 Å². The van der Waals surface area contributed by atoms with Crippen LogP contribution in [0.15, 0.2) is 22.7 Å². The molecule has 7 heteroatoms. The summed E-state index contributed by atoms with van der Waals surface area (Å²) in [6.07, 6.45) is 0. The van der Waals surface area contributed by atoms with Crippen molar-refractivity contribution in [1.82, 2.24) is 15.3 Å². The van der Waals surface area contributed by atoms with Crippen molar-refractivity contribution in [2.45, 2.75) is 0 Å². The first-order valence-corrected chi connectivity index (χ1v) is 8.38. The number of nitrogens with zero attached hydrogens (tertiary/aromatic N) is 2.